The van der Waals surface area contributed by atoms with E-state index in [0.717, 1.165) is 0 Å². The van der Waals surface area contributed by atoms with Crippen molar-refractivity contribution < 1.29 is 18.0 Å². The first kappa shape index (κ1) is 14.8. The van der Waals surface area contributed by atoms with E-state index >= 15 is 0 Å². The Balaban J connectivity index is 2.52. The van der Waals surface area contributed by atoms with E-state index < -0.39 is 5.51 Å². The molecule has 0 saturated carbocycles. The normalized spacial score (nSPS) is 11.3. The van der Waals surface area contributed by atoms with Gasteiger partial charge in [0.2, 0.25) is 5.91 Å². The minimum absolute atomic E-state index is 0.0933. The number of halogens is 3. The van der Waals surface area contributed by atoms with E-state index in [1.165, 1.54) is 24.3 Å². The van der Waals surface area contributed by atoms with Crippen molar-refractivity contribution in [2.75, 3.05) is 18.9 Å². The first-order valence-corrected chi connectivity index (χ1v) is 6.02. The summed E-state index contributed by atoms with van der Waals surface area (Å²) in [5.74, 6) is -0.180. The maximum atomic E-state index is 12.1. The minimum Gasteiger partial charge on any atom is -0.326 e. The zero-order chi connectivity index (χ0) is 13.6. The largest absolute Gasteiger partial charge is 0.446 e. The van der Waals surface area contributed by atoms with Gasteiger partial charge >= 0.3 is 5.51 Å². The molecule has 0 unspecified atom stereocenters. The Morgan fingerprint density at radius 3 is 2.39 bits per heavy atom. The van der Waals surface area contributed by atoms with Crippen molar-refractivity contribution in [3.63, 3.8) is 0 Å². The molecule has 1 aromatic rings. The summed E-state index contributed by atoms with van der Waals surface area (Å²) in [4.78, 5) is 11.4. The molecule has 0 atom stereocenters. The number of anilines is 1. The number of amides is 1. The molecule has 0 aromatic heterocycles. The number of thioether (sulfide) groups is 1. The van der Waals surface area contributed by atoms with Crippen molar-refractivity contribution >= 4 is 23.4 Å². The maximum Gasteiger partial charge on any atom is 0.446 e. The Morgan fingerprint density at radius 1 is 1.28 bits per heavy atom. The van der Waals surface area contributed by atoms with Gasteiger partial charge in [-0.2, -0.15) is 13.2 Å². The predicted molar refractivity (Wildman–Crippen MR) is 65.5 cm³/mol. The third-order valence-corrected chi connectivity index (χ3v) is 2.71. The Kier molecular flexibility index (Phi) is 5.49. The molecule has 0 heterocycles. The zero-order valence-electron chi connectivity index (χ0n) is 9.67. The molecule has 0 fully saturated rings. The average Bonchev–Trinajstić information content (AvgIpc) is 2.27. The van der Waals surface area contributed by atoms with Gasteiger partial charge in [-0.15, -0.1) is 0 Å². The number of hydrogen-bond donors (Lipinski definition) is 2. The highest BCUT2D eigenvalue weighted by Crippen LogP contribution is 2.36. The van der Waals surface area contributed by atoms with Gasteiger partial charge in [-0.1, -0.05) is 0 Å². The molecule has 3 nitrogen and oxygen atoms in total. The van der Waals surface area contributed by atoms with Gasteiger partial charge in [0.15, 0.2) is 0 Å². The van der Waals surface area contributed by atoms with Gasteiger partial charge in [-0.25, -0.2) is 0 Å². The zero-order valence-corrected chi connectivity index (χ0v) is 10.5. The number of alkyl halides is 3. The fraction of sp³-hybridized carbons (Fsp3) is 0.364. The molecule has 0 aliphatic carbocycles. The van der Waals surface area contributed by atoms with E-state index in [4.69, 9.17) is 0 Å². The molecule has 0 spiro atoms. The summed E-state index contributed by atoms with van der Waals surface area (Å²) < 4.78 is 36.2. The molecule has 0 aliphatic heterocycles. The maximum absolute atomic E-state index is 12.1. The smallest absolute Gasteiger partial charge is 0.326 e. The molecule has 0 radical (unpaired) electrons. The first-order valence-electron chi connectivity index (χ1n) is 5.21. The fourth-order valence-corrected chi connectivity index (χ4v) is 1.74. The number of carbonyl (C=O) groups excluding carboxylic acids is 1. The number of carbonyl (C=O) groups is 1. The topological polar surface area (TPSA) is 41.1 Å². The van der Waals surface area contributed by atoms with Gasteiger partial charge in [0, 0.05) is 23.5 Å². The molecular formula is C11H13F3N2OS. The van der Waals surface area contributed by atoms with Crippen LogP contribution in [0.4, 0.5) is 18.9 Å². The van der Waals surface area contributed by atoms with Crippen LogP contribution in [0.1, 0.15) is 6.42 Å². The van der Waals surface area contributed by atoms with Crippen LogP contribution in [-0.4, -0.2) is 25.0 Å². The third kappa shape index (κ3) is 5.92. The quantitative estimate of drug-likeness (QED) is 0.814. The van der Waals surface area contributed by atoms with E-state index in [1.807, 2.05) is 0 Å². The van der Waals surface area contributed by atoms with Gasteiger partial charge in [0.1, 0.15) is 0 Å². The second-order valence-electron chi connectivity index (χ2n) is 3.47. The standard InChI is InChI=1S/C11H13F3N2OS/c1-15-7-6-10(17)16-8-2-4-9(5-3-8)18-11(12,13)14/h2-5,15H,6-7H2,1H3,(H,16,17). The molecule has 0 bridgehead atoms. The molecule has 0 saturated heterocycles. The number of nitrogens with one attached hydrogen (secondary N) is 2. The number of hydrogen-bond acceptors (Lipinski definition) is 3. The van der Waals surface area contributed by atoms with Crippen LogP contribution in [0, 0.1) is 0 Å². The van der Waals surface area contributed by atoms with E-state index in [-0.39, 0.29) is 22.6 Å². The molecule has 18 heavy (non-hydrogen) atoms. The highest BCUT2D eigenvalue weighted by atomic mass is 32.2. The van der Waals surface area contributed by atoms with Gasteiger partial charge in [0.25, 0.3) is 0 Å². The molecule has 0 aliphatic rings. The van der Waals surface area contributed by atoms with Crippen LogP contribution < -0.4 is 10.6 Å². The lowest BCUT2D eigenvalue weighted by Gasteiger charge is -2.07. The van der Waals surface area contributed by atoms with Crippen molar-refractivity contribution in [1.29, 1.82) is 0 Å². The van der Waals surface area contributed by atoms with Crippen molar-refractivity contribution in [3.8, 4) is 0 Å². The SMILES string of the molecule is CNCCC(=O)Nc1ccc(SC(F)(F)F)cc1. The van der Waals surface area contributed by atoms with E-state index in [2.05, 4.69) is 10.6 Å². The molecule has 1 aromatic carbocycles. The Labute approximate surface area is 107 Å². The van der Waals surface area contributed by atoms with Crippen molar-refractivity contribution in [3.05, 3.63) is 24.3 Å². The van der Waals surface area contributed by atoms with Crippen LogP contribution in [-0.2, 0) is 4.79 Å². The second kappa shape index (κ2) is 6.65. The van der Waals surface area contributed by atoms with Gasteiger partial charge in [-0.3, -0.25) is 4.79 Å². The summed E-state index contributed by atoms with van der Waals surface area (Å²) in [5.41, 5.74) is -3.81. The average molecular weight is 278 g/mol. The minimum atomic E-state index is -4.29. The van der Waals surface area contributed by atoms with E-state index in [1.54, 1.807) is 7.05 Å². The van der Waals surface area contributed by atoms with Crippen LogP contribution >= 0.6 is 11.8 Å². The Hall–Kier alpha value is -1.21. The van der Waals surface area contributed by atoms with Crippen LogP contribution in [0.3, 0.4) is 0 Å². The Bertz CT molecular complexity index is 392. The molecule has 1 amide bonds. The first-order chi connectivity index (χ1) is 8.40. The predicted octanol–water partition coefficient (Wildman–Crippen LogP) is 2.85. The molecular weight excluding hydrogens is 265 g/mol. The van der Waals surface area contributed by atoms with Crippen molar-refractivity contribution in [1.82, 2.24) is 5.32 Å². The van der Waals surface area contributed by atoms with Gasteiger partial charge in [0.05, 0.1) is 0 Å². The van der Waals surface area contributed by atoms with Crippen LogP contribution in [0.15, 0.2) is 29.2 Å². The number of benzene rings is 1. The summed E-state index contributed by atoms with van der Waals surface area (Å²) in [7, 11) is 1.73. The van der Waals surface area contributed by atoms with Gasteiger partial charge < -0.3 is 10.6 Å². The Morgan fingerprint density at radius 2 is 1.89 bits per heavy atom. The van der Waals surface area contributed by atoms with E-state index in [9.17, 15) is 18.0 Å². The highest BCUT2D eigenvalue weighted by Gasteiger charge is 2.28. The summed E-state index contributed by atoms with van der Waals surface area (Å²) in [6.07, 6.45) is 0.315. The lowest BCUT2D eigenvalue weighted by atomic mass is 10.3. The summed E-state index contributed by atoms with van der Waals surface area (Å²) in [6.45, 7) is 0.549. The van der Waals surface area contributed by atoms with Crippen molar-refractivity contribution in [2.24, 2.45) is 0 Å². The highest BCUT2D eigenvalue weighted by molar-refractivity contribution is 8.00. The molecule has 1 rings (SSSR count). The van der Waals surface area contributed by atoms with Gasteiger partial charge in [-0.05, 0) is 43.1 Å². The lowest BCUT2D eigenvalue weighted by molar-refractivity contribution is -0.116. The summed E-state index contributed by atoms with van der Waals surface area (Å²) in [6, 6.07) is 5.55. The monoisotopic (exact) mass is 278 g/mol. The van der Waals surface area contributed by atoms with Crippen LogP contribution in [0.2, 0.25) is 0 Å². The number of rotatable bonds is 5. The van der Waals surface area contributed by atoms with Crippen molar-refractivity contribution in [2.45, 2.75) is 16.8 Å². The molecule has 2 N–H and O–H groups in total. The van der Waals surface area contributed by atoms with Crippen LogP contribution in [0.25, 0.3) is 0 Å². The molecule has 100 valence electrons. The lowest BCUT2D eigenvalue weighted by Crippen LogP contribution is -2.18. The third-order valence-electron chi connectivity index (χ3n) is 1.97. The fourth-order valence-electron chi connectivity index (χ4n) is 1.20. The second-order valence-corrected chi connectivity index (χ2v) is 4.61. The summed E-state index contributed by atoms with van der Waals surface area (Å²) >= 11 is -0.180. The van der Waals surface area contributed by atoms with Crippen LogP contribution in [0.5, 0.6) is 0 Å². The summed E-state index contributed by atoms with van der Waals surface area (Å²) in [5, 5.41) is 5.43. The molecule has 7 heteroatoms. The van der Waals surface area contributed by atoms with E-state index in [0.29, 0.717) is 18.7 Å².